The van der Waals surface area contributed by atoms with Gasteiger partial charge in [0.05, 0.1) is 9.40 Å². The summed E-state index contributed by atoms with van der Waals surface area (Å²) in [4.78, 5) is 0. The van der Waals surface area contributed by atoms with Gasteiger partial charge in [-0.3, -0.25) is 0 Å². The molecule has 32 heavy (non-hydrogen) atoms. The van der Waals surface area contributed by atoms with E-state index in [1.165, 1.54) is 62.6 Å². The van der Waals surface area contributed by atoms with Gasteiger partial charge >= 0.3 is 0 Å². The van der Waals surface area contributed by atoms with Crippen molar-refractivity contribution < 1.29 is 0 Å². The molecule has 0 spiro atoms. The van der Waals surface area contributed by atoms with Crippen LogP contribution in [0.2, 0.25) is 0 Å². The van der Waals surface area contributed by atoms with E-state index in [9.17, 15) is 0 Å². The lowest BCUT2D eigenvalue weighted by Crippen LogP contribution is -1.88. The Bertz CT molecular complexity index is 1620. The van der Waals surface area contributed by atoms with Crippen LogP contribution in [-0.4, -0.2) is 0 Å². The van der Waals surface area contributed by atoms with Crippen molar-refractivity contribution in [2.24, 2.45) is 0 Å². The predicted octanol–water partition coefficient (Wildman–Crippen LogP) is 9.76. The van der Waals surface area contributed by atoms with Crippen molar-refractivity contribution in [2.75, 3.05) is 0 Å². The second-order valence-electron chi connectivity index (χ2n) is 8.09. The van der Waals surface area contributed by atoms with Crippen LogP contribution >= 0.6 is 22.7 Å². The molecule has 0 nitrogen and oxygen atoms in total. The summed E-state index contributed by atoms with van der Waals surface area (Å²) < 4.78 is 5.51. The predicted molar refractivity (Wildman–Crippen MR) is 143 cm³/mol. The van der Waals surface area contributed by atoms with E-state index in [-0.39, 0.29) is 0 Å². The fraction of sp³-hybridized carbons (Fsp3) is 0. The van der Waals surface area contributed by atoms with Crippen molar-refractivity contribution in [3.8, 4) is 22.3 Å². The Kier molecular flexibility index (Phi) is 3.98. The van der Waals surface area contributed by atoms with Crippen molar-refractivity contribution >= 4 is 63.0 Å². The summed E-state index contributed by atoms with van der Waals surface area (Å²) in [7, 11) is 0. The number of fused-ring (bicyclic) bond motifs is 7. The fourth-order valence-corrected chi connectivity index (χ4v) is 7.50. The molecule has 0 fully saturated rings. The first-order valence-electron chi connectivity index (χ1n) is 10.8. The van der Waals surface area contributed by atoms with Crippen molar-refractivity contribution in [3.05, 3.63) is 109 Å². The molecule has 7 rings (SSSR count). The molecule has 0 unspecified atom stereocenters. The topological polar surface area (TPSA) is 0 Å². The van der Waals surface area contributed by atoms with E-state index in [4.69, 9.17) is 0 Å². The van der Waals surface area contributed by atoms with E-state index in [1.807, 2.05) is 22.7 Å². The lowest BCUT2D eigenvalue weighted by atomic mass is 9.87. The number of rotatable bonds is 2. The van der Waals surface area contributed by atoms with Gasteiger partial charge in [-0.2, -0.15) is 0 Å². The normalized spacial score (nSPS) is 11.8. The van der Waals surface area contributed by atoms with Crippen LogP contribution in [0.15, 0.2) is 109 Å². The molecule has 0 N–H and O–H groups in total. The Balaban J connectivity index is 1.85. The van der Waals surface area contributed by atoms with E-state index >= 15 is 0 Å². The van der Waals surface area contributed by atoms with Gasteiger partial charge in [-0.05, 0) is 34.4 Å². The summed E-state index contributed by atoms with van der Waals surface area (Å²) in [5, 5.41) is 5.47. The van der Waals surface area contributed by atoms with Crippen LogP contribution in [0.5, 0.6) is 0 Å². The van der Waals surface area contributed by atoms with Gasteiger partial charge in [0.15, 0.2) is 0 Å². The van der Waals surface area contributed by atoms with Crippen LogP contribution < -0.4 is 0 Å². The van der Waals surface area contributed by atoms with Gasteiger partial charge < -0.3 is 0 Å². The molecule has 0 saturated carbocycles. The zero-order chi connectivity index (χ0) is 21.1. The monoisotopic (exact) mass is 442 g/mol. The third-order valence-electron chi connectivity index (χ3n) is 6.27. The molecular formula is C30H18S2. The smallest absolute Gasteiger partial charge is 0.0540 e. The summed E-state index contributed by atoms with van der Waals surface area (Å²) in [6.45, 7) is 0. The maximum absolute atomic E-state index is 2.29. The molecule has 7 aromatic rings. The highest BCUT2D eigenvalue weighted by Gasteiger charge is 2.23. The molecule has 0 aliphatic rings. The number of benzene rings is 5. The van der Waals surface area contributed by atoms with Gasteiger partial charge in [0.1, 0.15) is 0 Å². The van der Waals surface area contributed by atoms with E-state index in [0.29, 0.717) is 0 Å². The minimum absolute atomic E-state index is 1.28. The van der Waals surface area contributed by atoms with Crippen molar-refractivity contribution in [1.82, 2.24) is 0 Å². The Morgan fingerprint density at radius 1 is 0.375 bits per heavy atom. The van der Waals surface area contributed by atoms with Gasteiger partial charge in [-0.15, -0.1) is 22.7 Å². The third kappa shape index (κ3) is 2.54. The highest BCUT2D eigenvalue weighted by atomic mass is 32.1. The van der Waals surface area contributed by atoms with Crippen LogP contribution in [0.1, 0.15) is 0 Å². The molecule has 0 atom stereocenters. The second-order valence-corrected chi connectivity index (χ2v) is 10.2. The van der Waals surface area contributed by atoms with Gasteiger partial charge in [-0.25, -0.2) is 0 Å². The molecule has 5 aromatic carbocycles. The van der Waals surface area contributed by atoms with E-state index in [1.54, 1.807) is 0 Å². The molecule has 0 bridgehead atoms. The Labute approximate surface area is 194 Å². The maximum atomic E-state index is 2.29. The highest BCUT2D eigenvalue weighted by Crippen LogP contribution is 2.53. The number of thiophene rings is 2. The first-order valence-corrected chi connectivity index (χ1v) is 12.4. The molecule has 2 aromatic heterocycles. The zero-order valence-electron chi connectivity index (χ0n) is 17.2. The van der Waals surface area contributed by atoms with Crippen LogP contribution in [0.4, 0.5) is 0 Å². The van der Waals surface area contributed by atoms with Crippen LogP contribution in [0.25, 0.3) is 62.6 Å². The molecule has 0 aliphatic carbocycles. The highest BCUT2D eigenvalue weighted by molar-refractivity contribution is 7.33. The van der Waals surface area contributed by atoms with Crippen LogP contribution in [-0.2, 0) is 0 Å². The van der Waals surface area contributed by atoms with E-state index in [0.717, 1.165) is 0 Å². The lowest BCUT2D eigenvalue weighted by Gasteiger charge is -2.15. The molecule has 2 heteroatoms. The van der Waals surface area contributed by atoms with Crippen LogP contribution in [0, 0.1) is 0 Å². The van der Waals surface area contributed by atoms with Crippen LogP contribution in [0.3, 0.4) is 0 Å². The quantitative estimate of drug-likeness (QED) is 0.250. The average molecular weight is 443 g/mol. The fourth-order valence-electron chi connectivity index (χ4n) is 4.94. The first kappa shape index (κ1) is 18.1. The Morgan fingerprint density at radius 3 is 1.19 bits per heavy atom. The number of hydrogen-bond acceptors (Lipinski definition) is 2. The Morgan fingerprint density at radius 2 is 0.750 bits per heavy atom. The molecule has 0 aliphatic heterocycles. The lowest BCUT2D eigenvalue weighted by molar-refractivity contribution is 1.65. The van der Waals surface area contributed by atoms with Crippen molar-refractivity contribution in [3.63, 3.8) is 0 Å². The first-order chi connectivity index (χ1) is 15.9. The zero-order valence-corrected chi connectivity index (χ0v) is 18.8. The molecule has 2 heterocycles. The summed E-state index contributed by atoms with van der Waals surface area (Å²) >= 11 is 3.86. The van der Waals surface area contributed by atoms with Gasteiger partial charge in [-0.1, -0.05) is 97.1 Å². The van der Waals surface area contributed by atoms with E-state index < -0.39 is 0 Å². The molecule has 0 amide bonds. The second kappa shape index (κ2) is 7.03. The van der Waals surface area contributed by atoms with Crippen molar-refractivity contribution in [1.29, 1.82) is 0 Å². The summed E-state index contributed by atoms with van der Waals surface area (Å²) in [5.74, 6) is 0. The summed E-state index contributed by atoms with van der Waals surface area (Å²) in [5.41, 5.74) is 5.25. The maximum Gasteiger partial charge on any atom is 0.0540 e. The van der Waals surface area contributed by atoms with Gasteiger partial charge in [0.25, 0.3) is 0 Å². The minimum Gasteiger partial charge on any atom is -0.134 e. The average Bonchev–Trinajstić information content (AvgIpc) is 3.43. The number of hydrogen-bond donors (Lipinski definition) is 0. The summed E-state index contributed by atoms with van der Waals surface area (Å²) in [6.07, 6.45) is 0. The van der Waals surface area contributed by atoms with E-state index in [2.05, 4.69) is 109 Å². The largest absolute Gasteiger partial charge is 0.134 e. The van der Waals surface area contributed by atoms with Gasteiger partial charge in [0, 0.05) is 30.9 Å². The molecule has 0 radical (unpaired) electrons. The standard InChI is InChI=1S/C30H18S2/c1-3-11-19(12-4-1)25-26(20-13-5-2-6-14-20)28-22-16-8-10-18-24(22)32-30(28)29-27(25)21-15-7-9-17-23(21)31-29/h1-18H. The molecule has 0 saturated heterocycles. The molecule has 150 valence electrons. The summed E-state index contributed by atoms with van der Waals surface area (Å²) in [6, 6.07) is 39.6. The minimum atomic E-state index is 1.28. The van der Waals surface area contributed by atoms with Crippen molar-refractivity contribution in [2.45, 2.75) is 0 Å². The molecular weight excluding hydrogens is 424 g/mol. The Hall–Kier alpha value is -3.46. The van der Waals surface area contributed by atoms with Gasteiger partial charge in [0.2, 0.25) is 0 Å². The SMILES string of the molecule is c1ccc(-c2c(-c3ccccc3)c3c4ccccc4sc3c3sc4ccccc4c23)cc1. The third-order valence-corrected chi connectivity index (χ3v) is 8.78.